The Morgan fingerprint density at radius 3 is 2.52 bits per heavy atom. The fraction of sp³-hybridized carbons (Fsp3) is 0.600. The second-order valence-electron chi connectivity index (χ2n) is 7.51. The molecule has 2 aliphatic heterocycles. The molecule has 0 radical (unpaired) electrons. The van der Waals surface area contributed by atoms with E-state index in [2.05, 4.69) is 0 Å². The molecular weight excluding hydrogens is 314 g/mol. The van der Waals surface area contributed by atoms with Crippen LogP contribution in [0.5, 0.6) is 0 Å². The first-order valence-electron chi connectivity index (χ1n) is 9.39. The zero-order valence-corrected chi connectivity index (χ0v) is 15.1. The Balaban J connectivity index is 1.53. The topological polar surface area (TPSA) is 66.6 Å². The number of nitrogens with zero attached hydrogens (tertiary/aromatic N) is 2. The number of amides is 2. The number of carbonyl (C=O) groups is 2. The molecule has 2 saturated heterocycles. The van der Waals surface area contributed by atoms with Gasteiger partial charge in [-0.2, -0.15) is 0 Å². The van der Waals surface area contributed by atoms with Crippen LogP contribution in [0.15, 0.2) is 30.3 Å². The molecule has 2 aliphatic rings. The Bertz CT molecular complexity index is 609. The third-order valence-electron chi connectivity index (χ3n) is 5.93. The Kier molecular flexibility index (Phi) is 5.42. The van der Waals surface area contributed by atoms with Crippen molar-refractivity contribution in [3.63, 3.8) is 0 Å². The summed E-state index contributed by atoms with van der Waals surface area (Å²) in [6, 6.07) is 9.56. The van der Waals surface area contributed by atoms with E-state index in [-0.39, 0.29) is 23.3 Å². The number of rotatable bonds is 4. The zero-order chi connectivity index (χ0) is 17.9. The van der Waals surface area contributed by atoms with E-state index in [1.165, 1.54) is 0 Å². The van der Waals surface area contributed by atoms with Crippen molar-refractivity contribution in [3.05, 3.63) is 35.9 Å². The van der Waals surface area contributed by atoms with Crippen LogP contribution in [0.4, 0.5) is 0 Å². The number of benzene rings is 1. The number of likely N-dealkylation sites (tertiary alicyclic amines) is 2. The predicted octanol–water partition coefficient (Wildman–Crippen LogP) is 2.33. The minimum absolute atomic E-state index is 0.144. The molecule has 136 valence electrons. The third-order valence-corrected chi connectivity index (χ3v) is 5.93. The van der Waals surface area contributed by atoms with Gasteiger partial charge in [-0.1, -0.05) is 30.3 Å². The molecule has 2 heterocycles. The largest absolute Gasteiger partial charge is 0.343 e. The molecule has 0 bridgehead atoms. The van der Waals surface area contributed by atoms with E-state index < -0.39 is 0 Å². The maximum Gasteiger partial charge on any atom is 0.224 e. The van der Waals surface area contributed by atoms with Crippen molar-refractivity contribution in [1.29, 1.82) is 0 Å². The average Bonchev–Trinajstić information content (AvgIpc) is 2.65. The molecule has 2 amide bonds. The minimum Gasteiger partial charge on any atom is -0.343 e. The highest BCUT2D eigenvalue weighted by Crippen LogP contribution is 2.40. The number of nitrogens with two attached hydrogens (primary N) is 1. The van der Waals surface area contributed by atoms with Crippen LogP contribution in [0.2, 0.25) is 0 Å². The van der Waals surface area contributed by atoms with Gasteiger partial charge in [-0.05, 0) is 37.2 Å². The van der Waals surface area contributed by atoms with E-state index in [1.807, 2.05) is 47.1 Å². The van der Waals surface area contributed by atoms with Gasteiger partial charge in [-0.15, -0.1) is 0 Å². The summed E-state index contributed by atoms with van der Waals surface area (Å²) in [4.78, 5) is 28.5. The van der Waals surface area contributed by atoms with Crippen LogP contribution in [0, 0.1) is 5.41 Å². The van der Waals surface area contributed by atoms with Gasteiger partial charge in [0.25, 0.3) is 0 Å². The summed E-state index contributed by atoms with van der Waals surface area (Å²) in [5, 5.41) is 0. The number of hydrogen-bond donors (Lipinski definition) is 1. The van der Waals surface area contributed by atoms with Crippen LogP contribution in [-0.4, -0.2) is 47.8 Å². The van der Waals surface area contributed by atoms with Gasteiger partial charge in [0.15, 0.2) is 0 Å². The number of hydrogen-bond acceptors (Lipinski definition) is 3. The standard InChI is InChI=1S/C20H29N3O2/c1-2-22-15-20(9-8-18(22)24)10-12-23(13-11-20)19(25)14-17(21)16-6-4-3-5-7-16/h3-7,17H,2,8-15,21H2,1H3/t17-/m1/s1. The van der Waals surface area contributed by atoms with Crippen molar-refractivity contribution in [3.8, 4) is 0 Å². The molecule has 0 aliphatic carbocycles. The highest BCUT2D eigenvalue weighted by atomic mass is 16.2. The molecule has 0 saturated carbocycles. The van der Waals surface area contributed by atoms with Crippen molar-refractivity contribution in [2.24, 2.45) is 11.1 Å². The fourth-order valence-corrected chi connectivity index (χ4v) is 4.16. The van der Waals surface area contributed by atoms with E-state index in [1.54, 1.807) is 0 Å². The first-order valence-corrected chi connectivity index (χ1v) is 9.39. The maximum absolute atomic E-state index is 12.6. The molecule has 2 fully saturated rings. The highest BCUT2D eigenvalue weighted by molar-refractivity contribution is 5.78. The van der Waals surface area contributed by atoms with Crippen LogP contribution in [0.1, 0.15) is 50.6 Å². The predicted molar refractivity (Wildman–Crippen MR) is 97.7 cm³/mol. The second kappa shape index (κ2) is 7.56. The molecule has 1 atom stereocenters. The molecule has 1 aromatic rings. The first-order chi connectivity index (χ1) is 12.0. The van der Waals surface area contributed by atoms with Crippen LogP contribution in [-0.2, 0) is 9.59 Å². The Morgan fingerprint density at radius 2 is 1.88 bits per heavy atom. The van der Waals surface area contributed by atoms with Gasteiger partial charge >= 0.3 is 0 Å². The average molecular weight is 343 g/mol. The smallest absolute Gasteiger partial charge is 0.224 e. The van der Waals surface area contributed by atoms with Crippen molar-refractivity contribution in [1.82, 2.24) is 9.80 Å². The molecule has 3 rings (SSSR count). The molecule has 2 N–H and O–H groups in total. The quantitative estimate of drug-likeness (QED) is 0.912. The monoisotopic (exact) mass is 343 g/mol. The van der Waals surface area contributed by atoms with E-state index >= 15 is 0 Å². The van der Waals surface area contributed by atoms with Crippen molar-refractivity contribution in [2.75, 3.05) is 26.2 Å². The van der Waals surface area contributed by atoms with Crippen LogP contribution in [0.25, 0.3) is 0 Å². The lowest BCUT2D eigenvalue weighted by Gasteiger charge is -2.47. The van der Waals surface area contributed by atoms with Crippen LogP contribution in [0.3, 0.4) is 0 Å². The molecule has 5 heteroatoms. The number of carbonyl (C=O) groups excluding carboxylic acids is 2. The lowest BCUT2D eigenvalue weighted by Crippen LogP contribution is -2.52. The molecule has 1 spiro atoms. The van der Waals surface area contributed by atoms with Crippen LogP contribution < -0.4 is 5.73 Å². The minimum atomic E-state index is -0.243. The second-order valence-corrected chi connectivity index (χ2v) is 7.51. The van der Waals surface area contributed by atoms with Crippen molar-refractivity contribution in [2.45, 2.75) is 45.1 Å². The fourth-order valence-electron chi connectivity index (χ4n) is 4.16. The molecule has 1 aromatic carbocycles. The van der Waals surface area contributed by atoms with Gasteiger partial charge in [0.05, 0.1) is 0 Å². The third kappa shape index (κ3) is 4.03. The summed E-state index contributed by atoms with van der Waals surface area (Å²) in [5.41, 5.74) is 7.42. The van der Waals surface area contributed by atoms with E-state index in [9.17, 15) is 9.59 Å². The summed E-state index contributed by atoms with van der Waals surface area (Å²) < 4.78 is 0. The first kappa shape index (κ1) is 17.9. The van der Waals surface area contributed by atoms with Crippen LogP contribution >= 0.6 is 0 Å². The zero-order valence-electron chi connectivity index (χ0n) is 15.1. The van der Waals surface area contributed by atoms with Gasteiger partial charge < -0.3 is 15.5 Å². The summed E-state index contributed by atoms with van der Waals surface area (Å²) in [6.07, 6.45) is 3.96. The summed E-state index contributed by atoms with van der Waals surface area (Å²) in [6.45, 7) is 5.25. The summed E-state index contributed by atoms with van der Waals surface area (Å²) in [5.74, 6) is 0.422. The van der Waals surface area contributed by atoms with Gasteiger partial charge in [0.1, 0.15) is 0 Å². The molecule has 5 nitrogen and oxygen atoms in total. The summed E-state index contributed by atoms with van der Waals surface area (Å²) in [7, 11) is 0. The van der Waals surface area contributed by atoms with E-state index in [0.717, 1.165) is 51.0 Å². The summed E-state index contributed by atoms with van der Waals surface area (Å²) >= 11 is 0. The maximum atomic E-state index is 12.6. The lowest BCUT2D eigenvalue weighted by atomic mass is 9.72. The molecule has 0 unspecified atom stereocenters. The highest BCUT2D eigenvalue weighted by Gasteiger charge is 2.41. The van der Waals surface area contributed by atoms with E-state index in [4.69, 9.17) is 5.73 Å². The van der Waals surface area contributed by atoms with Crippen molar-refractivity contribution < 1.29 is 9.59 Å². The molecule has 0 aromatic heterocycles. The Morgan fingerprint density at radius 1 is 1.20 bits per heavy atom. The molecule has 25 heavy (non-hydrogen) atoms. The Hall–Kier alpha value is -1.88. The van der Waals surface area contributed by atoms with Gasteiger partial charge in [-0.25, -0.2) is 0 Å². The van der Waals surface area contributed by atoms with Gasteiger partial charge in [0.2, 0.25) is 11.8 Å². The number of piperidine rings is 2. The SMILES string of the molecule is CCN1CC2(CCC1=O)CCN(C(=O)C[C@@H](N)c1ccccc1)CC2. The van der Waals surface area contributed by atoms with Crippen molar-refractivity contribution >= 4 is 11.8 Å². The Labute approximate surface area is 150 Å². The normalized spacial score (nSPS) is 21.4. The lowest BCUT2D eigenvalue weighted by molar-refractivity contribution is -0.142. The van der Waals surface area contributed by atoms with Gasteiger partial charge in [0, 0.05) is 45.1 Å². The van der Waals surface area contributed by atoms with E-state index in [0.29, 0.717) is 12.8 Å². The molecular formula is C20H29N3O2. The van der Waals surface area contributed by atoms with Gasteiger partial charge in [-0.3, -0.25) is 9.59 Å².